The Labute approximate surface area is 84.9 Å². The van der Waals surface area contributed by atoms with Gasteiger partial charge in [0.25, 0.3) is 0 Å². The van der Waals surface area contributed by atoms with Crippen molar-refractivity contribution in [3.8, 4) is 0 Å². The zero-order valence-electron chi connectivity index (χ0n) is 8.77. The molecular weight excluding hydrogens is 174 g/mol. The van der Waals surface area contributed by atoms with Crippen LogP contribution in [0.15, 0.2) is 18.3 Å². The summed E-state index contributed by atoms with van der Waals surface area (Å²) in [4.78, 5) is 6.40. The van der Waals surface area contributed by atoms with Crippen molar-refractivity contribution in [1.29, 1.82) is 0 Å². The van der Waals surface area contributed by atoms with Gasteiger partial charge in [0.05, 0.1) is 0 Å². The van der Waals surface area contributed by atoms with Crippen molar-refractivity contribution in [3.63, 3.8) is 0 Å². The molecule has 76 valence electrons. The van der Waals surface area contributed by atoms with E-state index in [0.29, 0.717) is 11.8 Å². The van der Waals surface area contributed by atoms with E-state index in [2.05, 4.69) is 17.1 Å². The Morgan fingerprint density at radius 1 is 1.50 bits per heavy atom. The van der Waals surface area contributed by atoms with Gasteiger partial charge in [-0.15, -0.1) is 0 Å². The van der Waals surface area contributed by atoms with Gasteiger partial charge in [-0.05, 0) is 36.4 Å². The zero-order chi connectivity index (χ0) is 10.1. The molecule has 1 saturated carbocycles. The molecule has 0 radical (unpaired) electrons. The molecule has 1 aliphatic rings. The number of anilines is 1. The molecule has 2 N–H and O–H groups in total. The van der Waals surface area contributed by atoms with E-state index in [1.54, 1.807) is 0 Å². The molecule has 2 rings (SSSR count). The number of nitrogens with two attached hydrogens (primary N) is 1. The first-order chi connectivity index (χ1) is 6.72. The van der Waals surface area contributed by atoms with Crippen molar-refractivity contribution in [1.82, 2.24) is 4.98 Å². The van der Waals surface area contributed by atoms with Crippen LogP contribution in [-0.4, -0.2) is 25.6 Å². The fourth-order valence-electron chi connectivity index (χ4n) is 1.80. The maximum Gasteiger partial charge on any atom is 0.127 e. The van der Waals surface area contributed by atoms with Gasteiger partial charge in [0, 0.05) is 20.3 Å². The number of aromatic nitrogens is 1. The summed E-state index contributed by atoms with van der Waals surface area (Å²) in [6.07, 6.45) is 3.22. The predicted molar refractivity (Wildman–Crippen MR) is 58.5 cm³/mol. The maximum absolute atomic E-state index is 5.61. The Balaban J connectivity index is 2.08. The Morgan fingerprint density at radius 3 is 2.71 bits per heavy atom. The van der Waals surface area contributed by atoms with Crippen molar-refractivity contribution < 1.29 is 0 Å². The summed E-state index contributed by atoms with van der Waals surface area (Å²) in [6.45, 7) is 0.806. The molecule has 1 heterocycles. The van der Waals surface area contributed by atoms with Crippen molar-refractivity contribution in [3.05, 3.63) is 23.9 Å². The molecule has 2 unspecified atom stereocenters. The summed E-state index contributed by atoms with van der Waals surface area (Å²) in [5, 5.41) is 0. The summed E-state index contributed by atoms with van der Waals surface area (Å²) in [6, 6.07) is 4.24. The Kier molecular flexibility index (Phi) is 2.42. The van der Waals surface area contributed by atoms with Crippen LogP contribution in [-0.2, 0) is 0 Å². The Morgan fingerprint density at radius 2 is 2.29 bits per heavy atom. The minimum atomic E-state index is 0.670. The van der Waals surface area contributed by atoms with Crippen molar-refractivity contribution >= 4 is 5.82 Å². The number of nitrogens with zero attached hydrogens (tertiary/aromatic N) is 2. The van der Waals surface area contributed by atoms with Crippen LogP contribution in [0.5, 0.6) is 0 Å². The molecule has 0 saturated heterocycles. The largest absolute Gasteiger partial charge is 0.363 e. The fourth-order valence-corrected chi connectivity index (χ4v) is 1.80. The lowest BCUT2D eigenvalue weighted by Crippen LogP contribution is -2.10. The molecule has 0 aliphatic heterocycles. The first kappa shape index (κ1) is 9.46. The van der Waals surface area contributed by atoms with Gasteiger partial charge in [-0.2, -0.15) is 0 Å². The highest BCUT2D eigenvalue weighted by molar-refractivity contribution is 5.39. The lowest BCUT2D eigenvalue weighted by atomic mass is 10.1. The summed E-state index contributed by atoms with van der Waals surface area (Å²) < 4.78 is 0. The number of hydrogen-bond donors (Lipinski definition) is 1. The Bertz CT molecular complexity index is 305. The normalized spacial score (nSPS) is 24.8. The second-order valence-electron chi connectivity index (χ2n) is 4.18. The van der Waals surface area contributed by atoms with Crippen molar-refractivity contribution in [2.24, 2.45) is 11.7 Å². The number of rotatable bonds is 3. The van der Waals surface area contributed by atoms with Crippen molar-refractivity contribution in [2.75, 3.05) is 25.5 Å². The molecule has 0 spiro atoms. The van der Waals surface area contributed by atoms with Gasteiger partial charge in [0.1, 0.15) is 5.82 Å². The maximum atomic E-state index is 5.61. The van der Waals surface area contributed by atoms with Crippen molar-refractivity contribution in [2.45, 2.75) is 12.3 Å². The first-order valence-electron chi connectivity index (χ1n) is 5.05. The second kappa shape index (κ2) is 3.58. The molecule has 3 nitrogen and oxygen atoms in total. The van der Waals surface area contributed by atoms with Gasteiger partial charge < -0.3 is 10.6 Å². The highest BCUT2D eigenvalue weighted by Crippen LogP contribution is 2.46. The van der Waals surface area contributed by atoms with E-state index in [1.807, 2.05) is 25.2 Å². The lowest BCUT2D eigenvalue weighted by Gasteiger charge is -2.11. The minimum absolute atomic E-state index is 0.670. The minimum Gasteiger partial charge on any atom is -0.363 e. The summed E-state index contributed by atoms with van der Waals surface area (Å²) >= 11 is 0. The smallest absolute Gasteiger partial charge is 0.127 e. The van der Waals surface area contributed by atoms with E-state index in [-0.39, 0.29) is 0 Å². The molecule has 1 aromatic heterocycles. The fraction of sp³-hybridized carbons (Fsp3) is 0.545. The predicted octanol–water partition coefficient (Wildman–Crippen LogP) is 1.21. The van der Waals surface area contributed by atoms with Crippen LogP contribution in [0.1, 0.15) is 17.9 Å². The molecule has 2 atom stereocenters. The monoisotopic (exact) mass is 191 g/mol. The topological polar surface area (TPSA) is 42.1 Å². The highest BCUT2D eigenvalue weighted by atomic mass is 15.1. The third kappa shape index (κ3) is 1.73. The third-order valence-corrected chi connectivity index (χ3v) is 2.88. The molecule has 1 aromatic rings. The van der Waals surface area contributed by atoms with Gasteiger partial charge >= 0.3 is 0 Å². The molecule has 1 fully saturated rings. The van der Waals surface area contributed by atoms with E-state index in [4.69, 9.17) is 5.73 Å². The average Bonchev–Trinajstić information content (AvgIpc) is 2.97. The van der Waals surface area contributed by atoms with E-state index in [1.165, 1.54) is 12.0 Å². The summed E-state index contributed by atoms with van der Waals surface area (Å²) in [7, 11) is 4.00. The molecule has 1 aliphatic carbocycles. The van der Waals surface area contributed by atoms with E-state index < -0.39 is 0 Å². The van der Waals surface area contributed by atoms with Crippen LogP contribution >= 0.6 is 0 Å². The molecule has 0 amide bonds. The molecule has 0 aromatic carbocycles. The van der Waals surface area contributed by atoms with Gasteiger partial charge in [-0.3, -0.25) is 0 Å². The van der Waals surface area contributed by atoms with Crippen LogP contribution in [0, 0.1) is 5.92 Å². The average molecular weight is 191 g/mol. The van der Waals surface area contributed by atoms with Crippen LogP contribution in [0.2, 0.25) is 0 Å². The second-order valence-corrected chi connectivity index (χ2v) is 4.18. The van der Waals surface area contributed by atoms with Gasteiger partial charge in [0.15, 0.2) is 0 Å². The van der Waals surface area contributed by atoms with Crippen LogP contribution < -0.4 is 10.6 Å². The van der Waals surface area contributed by atoms with Crippen LogP contribution in [0.25, 0.3) is 0 Å². The standard InChI is InChI=1S/C11H17N3/c1-14(2)11-4-3-8(7-13-11)10-5-9(10)6-12/h3-4,7,9-10H,5-6,12H2,1-2H3. The summed E-state index contributed by atoms with van der Waals surface area (Å²) in [5.41, 5.74) is 6.95. The molecule has 14 heavy (non-hydrogen) atoms. The molecule has 0 bridgehead atoms. The summed E-state index contributed by atoms with van der Waals surface area (Å²) in [5.74, 6) is 2.38. The lowest BCUT2D eigenvalue weighted by molar-refractivity contribution is 0.807. The number of pyridine rings is 1. The molecular formula is C11H17N3. The van der Waals surface area contributed by atoms with E-state index in [9.17, 15) is 0 Å². The molecule has 3 heteroatoms. The number of hydrogen-bond acceptors (Lipinski definition) is 3. The first-order valence-corrected chi connectivity index (χ1v) is 5.05. The van der Waals surface area contributed by atoms with E-state index >= 15 is 0 Å². The van der Waals surface area contributed by atoms with Crippen LogP contribution in [0.3, 0.4) is 0 Å². The van der Waals surface area contributed by atoms with Gasteiger partial charge in [-0.1, -0.05) is 6.07 Å². The Hall–Kier alpha value is -1.09. The van der Waals surface area contributed by atoms with Gasteiger partial charge in [0.2, 0.25) is 0 Å². The van der Waals surface area contributed by atoms with E-state index in [0.717, 1.165) is 12.4 Å². The zero-order valence-corrected chi connectivity index (χ0v) is 8.77. The quantitative estimate of drug-likeness (QED) is 0.781. The third-order valence-electron chi connectivity index (χ3n) is 2.88. The SMILES string of the molecule is CN(C)c1ccc(C2CC2CN)cn1. The highest BCUT2D eigenvalue weighted by Gasteiger charge is 2.36. The van der Waals surface area contributed by atoms with Crippen LogP contribution in [0.4, 0.5) is 5.82 Å². The van der Waals surface area contributed by atoms with Gasteiger partial charge in [-0.25, -0.2) is 4.98 Å².